The number of carbonyl (C=O) groups excluding carboxylic acids is 2. The average Bonchev–Trinajstić information content (AvgIpc) is 3.53. The van der Waals surface area contributed by atoms with Gasteiger partial charge >= 0.3 is 12.1 Å². The van der Waals surface area contributed by atoms with Crippen LogP contribution in [0.15, 0.2) is 164 Å². The Balaban J connectivity index is 0.00000481. The number of ether oxygens (including phenoxy) is 3. The molecule has 1 aliphatic carbocycles. The van der Waals surface area contributed by atoms with E-state index in [-0.39, 0.29) is 32.3 Å². The van der Waals surface area contributed by atoms with Gasteiger partial charge in [-0.2, -0.15) is 0 Å². The molecule has 1 aliphatic rings. The van der Waals surface area contributed by atoms with Crippen LogP contribution in [0.3, 0.4) is 0 Å². The molecule has 0 aliphatic heterocycles. The molecule has 0 saturated carbocycles. The van der Waals surface area contributed by atoms with E-state index in [4.69, 9.17) is 14.2 Å². The summed E-state index contributed by atoms with van der Waals surface area (Å²) in [5, 5.41) is 2.89. The van der Waals surface area contributed by atoms with Gasteiger partial charge in [-0.05, 0) is 56.6 Å². The van der Waals surface area contributed by atoms with E-state index in [9.17, 15) is 9.59 Å². The highest BCUT2D eigenvalue weighted by atomic mass is 32.2. The maximum atomic E-state index is 14.0. The van der Waals surface area contributed by atoms with E-state index in [0.717, 1.165) is 44.5 Å². The molecule has 0 fully saturated rings. The van der Waals surface area contributed by atoms with E-state index in [2.05, 4.69) is 66.0 Å². The van der Waals surface area contributed by atoms with Crippen LogP contribution in [0, 0.1) is 0 Å². The summed E-state index contributed by atoms with van der Waals surface area (Å²) in [6.07, 6.45) is -0.682. The number of methoxy groups -OCH3 is 1. The third-order valence-corrected chi connectivity index (χ3v) is 11.1. The van der Waals surface area contributed by atoms with E-state index in [0.29, 0.717) is 5.75 Å². The fourth-order valence-corrected chi connectivity index (χ4v) is 8.45. The van der Waals surface area contributed by atoms with Gasteiger partial charge in [0.1, 0.15) is 25.0 Å². The number of carbonyl (C=O) groups is 2. The van der Waals surface area contributed by atoms with Crippen LogP contribution in [0.4, 0.5) is 4.79 Å². The zero-order valence-electron chi connectivity index (χ0n) is 28.8. The van der Waals surface area contributed by atoms with Crippen molar-refractivity contribution in [3.05, 3.63) is 197 Å². The molecule has 0 spiro atoms. The SMILES string of the molecule is C.COc1ccc(COC(=O)[C@H](CSC(c2ccccc2)(c2ccccc2)c2ccccc2)NC(=O)OCC2c3ccccc3-c3ccccc32)cc1. The van der Waals surface area contributed by atoms with Crippen LogP contribution in [-0.4, -0.2) is 37.6 Å². The number of alkyl carbamates (subject to hydrolysis) is 1. The van der Waals surface area contributed by atoms with Gasteiger partial charge in [-0.15, -0.1) is 11.8 Å². The van der Waals surface area contributed by atoms with Crippen molar-refractivity contribution in [2.75, 3.05) is 19.5 Å². The number of hydrogen-bond acceptors (Lipinski definition) is 6. The number of thioether (sulfide) groups is 1. The number of esters is 1. The lowest BCUT2D eigenvalue weighted by atomic mass is 9.84. The second-order valence-electron chi connectivity index (χ2n) is 12.6. The third-order valence-electron chi connectivity index (χ3n) is 9.47. The van der Waals surface area contributed by atoms with Crippen LogP contribution in [0.5, 0.6) is 5.75 Å². The van der Waals surface area contributed by atoms with Gasteiger partial charge in [0.25, 0.3) is 0 Å². The van der Waals surface area contributed by atoms with Gasteiger partial charge in [0.05, 0.1) is 11.9 Å². The standard InChI is InChI=1S/C45H39NO5S.CH4/c1-49-36-27-25-32(26-28-36)29-50-43(47)42(46-44(48)51-30-41-39-23-13-11-21-37(39)38-22-12-14-24-40(38)41)31-52-45(33-15-5-2-6-16-33,34-17-7-3-8-18-34)35-19-9-4-10-20-35;/h2-28,41-42H,29-31H2,1H3,(H,46,48);1H4/t42-;/m0./s1. The molecular weight excluding hydrogens is 679 g/mol. The molecule has 268 valence electrons. The lowest BCUT2D eigenvalue weighted by Gasteiger charge is -2.36. The average molecular weight is 722 g/mol. The molecule has 6 nitrogen and oxygen atoms in total. The molecule has 0 bridgehead atoms. The van der Waals surface area contributed by atoms with E-state index >= 15 is 0 Å². The Morgan fingerprint density at radius 2 is 1.11 bits per heavy atom. The van der Waals surface area contributed by atoms with E-state index in [1.54, 1.807) is 18.9 Å². The van der Waals surface area contributed by atoms with Crippen LogP contribution >= 0.6 is 11.8 Å². The maximum absolute atomic E-state index is 14.0. The number of amides is 1. The zero-order chi connectivity index (χ0) is 35.8. The highest BCUT2D eigenvalue weighted by Crippen LogP contribution is 2.49. The molecule has 0 saturated heterocycles. The van der Waals surface area contributed by atoms with E-state index in [1.807, 2.05) is 103 Å². The highest BCUT2D eigenvalue weighted by Gasteiger charge is 2.39. The number of rotatable bonds is 13. The van der Waals surface area contributed by atoms with Crippen LogP contribution < -0.4 is 10.1 Å². The molecule has 0 heterocycles. The Labute approximate surface area is 316 Å². The van der Waals surface area contributed by atoms with Gasteiger partial charge in [-0.25, -0.2) is 9.59 Å². The number of benzene rings is 6. The summed E-state index contributed by atoms with van der Waals surface area (Å²) in [4.78, 5) is 27.6. The molecule has 1 N–H and O–H groups in total. The Hall–Kier alpha value is -5.79. The van der Waals surface area contributed by atoms with Crippen molar-refractivity contribution >= 4 is 23.8 Å². The minimum absolute atomic E-state index is 0. The Morgan fingerprint density at radius 1 is 0.642 bits per heavy atom. The fourth-order valence-electron chi connectivity index (χ4n) is 6.90. The normalized spacial score (nSPS) is 12.4. The van der Waals surface area contributed by atoms with Gasteiger partial charge < -0.3 is 19.5 Å². The molecule has 6 aromatic carbocycles. The molecule has 0 aromatic heterocycles. The molecule has 1 amide bonds. The molecular formula is C46H43NO5S. The van der Waals surface area contributed by atoms with Gasteiger partial charge in [0, 0.05) is 11.7 Å². The smallest absolute Gasteiger partial charge is 0.407 e. The summed E-state index contributed by atoms with van der Waals surface area (Å²) in [6.45, 7) is 0.167. The van der Waals surface area contributed by atoms with Crippen molar-refractivity contribution in [1.29, 1.82) is 0 Å². The van der Waals surface area contributed by atoms with Crippen molar-refractivity contribution in [1.82, 2.24) is 5.32 Å². The van der Waals surface area contributed by atoms with Crippen molar-refractivity contribution in [3.8, 4) is 16.9 Å². The lowest BCUT2D eigenvalue weighted by Crippen LogP contribution is -2.45. The van der Waals surface area contributed by atoms with Gasteiger partial charge in [-0.1, -0.05) is 159 Å². The first-order valence-electron chi connectivity index (χ1n) is 17.3. The first kappa shape index (κ1) is 37.0. The maximum Gasteiger partial charge on any atom is 0.407 e. The van der Waals surface area contributed by atoms with Crippen LogP contribution in [0.1, 0.15) is 46.7 Å². The second-order valence-corrected chi connectivity index (χ2v) is 13.8. The molecule has 7 heteroatoms. The molecule has 6 aromatic rings. The van der Waals surface area contributed by atoms with Gasteiger partial charge in [-0.3, -0.25) is 0 Å². The third kappa shape index (κ3) is 8.01. The Bertz CT molecular complexity index is 1960. The first-order chi connectivity index (χ1) is 25.6. The largest absolute Gasteiger partial charge is 0.497 e. The molecule has 0 radical (unpaired) electrons. The van der Waals surface area contributed by atoms with Crippen LogP contribution in [0.25, 0.3) is 11.1 Å². The number of nitrogens with one attached hydrogen (secondary N) is 1. The van der Waals surface area contributed by atoms with Crippen molar-refractivity contribution in [3.63, 3.8) is 0 Å². The van der Waals surface area contributed by atoms with E-state index in [1.165, 1.54) is 0 Å². The summed E-state index contributed by atoms with van der Waals surface area (Å²) in [7, 11) is 1.60. The molecule has 0 unspecified atom stereocenters. The van der Waals surface area contributed by atoms with Crippen LogP contribution in [0.2, 0.25) is 0 Å². The van der Waals surface area contributed by atoms with Crippen molar-refractivity contribution in [2.24, 2.45) is 0 Å². The molecule has 53 heavy (non-hydrogen) atoms. The summed E-state index contributed by atoms with van der Waals surface area (Å²) >= 11 is 1.57. The van der Waals surface area contributed by atoms with Gasteiger partial charge in [0.15, 0.2) is 0 Å². The van der Waals surface area contributed by atoms with Crippen LogP contribution in [-0.2, 0) is 25.6 Å². The Morgan fingerprint density at radius 3 is 1.60 bits per heavy atom. The highest BCUT2D eigenvalue weighted by molar-refractivity contribution is 8.00. The Kier molecular flexibility index (Phi) is 12.0. The fraction of sp³-hybridized carbons (Fsp3) is 0.174. The monoisotopic (exact) mass is 721 g/mol. The van der Waals surface area contributed by atoms with Gasteiger partial charge in [0.2, 0.25) is 0 Å². The van der Waals surface area contributed by atoms with Crippen molar-refractivity contribution in [2.45, 2.75) is 30.7 Å². The number of fused-ring (bicyclic) bond motifs is 3. The summed E-state index contributed by atoms with van der Waals surface area (Å²) in [6, 6.07) is 53.4. The second kappa shape index (κ2) is 17.2. The van der Waals surface area contributed by atoms with Crippen molar-refractivity contribution < 1.29 is 23.8 Å². The summed E-state index contributed by atoms with van der Waals surface area (Å²) in [5.74, 6) is 0.236. The minimum atomic E-state index is -1.02. The minimum Gasteiger partial charge on any atom is -0.497 e. The predicted octanol–water partition coefficient (Wildman–Crippen LogP) is 10.0. The lowest BCUT2D eigenvalue weighted by molar-refractivity contribution is -0.146. The summed E-state index contributed by atoms with van der Waals surface area (Å²) in [5.41, 5.74) is 8.44. The number of hydrogen-bond donors (Lipinski definition) is 1. The molecule has 7 rings (SSSR count). The molecule has 1 atom stereocenters. The summed E-state index contributed by atoms with van der Waals surface area (Å²) < 4.78 is 16.3. The first-order valence-corrected chi connectivity index (χ1v) is 18.3. The quantitative estimate of drug-likeness (QED) is 0.0946. The zero-order valence-corrected chi connectivity index (χ0v) is 29.6. The topological polar surface area (TPSA) is 73.9 Å². The predicted molar refractivity (Wildman–Crippen MR) is 213 cm³/mol. The van der Waals surface area contributed by atoms with E-state index < -0.39 is 22.9 Å².